The van der Waals surface area contributed by atoms with Crippen molar-refractivity contribution in [2.75, 3.05) is 23.2 Å². The highest BCUT2D eigenvalue weighted by molar-refractivity contribution is 7.92. The molecule has 0 saturated carbocycles. The molecule has 0 atom stereocenters. The van der Waals surface area contributed by atoms with Crippen LogP contribution in [0.25, 0.3) is 0 Å². The fourth-order valence-corrected chi connectivity index (χ4v) is 3.58. The van der Waals surface area contributed by atoms with E-state index in [1.54, 1.807) is 13.0 Å². The second-order valence-electron chi connectivity index (χ2n) is 4.20. The molecule has 0 spiro atoms. The van der Waals surface area contributed by atoms with Gasteiger partial charge in [0.05, 0.1) is 18.0 Å². The number of nitrogens with zero attached hydrogens (tertiary/aromatic N) is 1. The number of aromatic carboxylic acids is 1. The molecule has 1 aliphatic rings. The Labute approximate surface area is 111 Å². The first kappa shape index (κ1) is 13.7. The summed E-state index contributed by atoms with van der Waals surface area (Å²) in [6.45, 7) is 2.14. The molecule has 0 aromatic heterocycles. The van der Waals surface area contributed by atoms with Gasteiger partial charge in [0.25, 0.3) is 0 Å². The smallest absolute Gasteiger partial charge is 0.339 e. The highest BCUT2D eigenvalue weighted by atomic mass is 32.2. The number of carboxylic acid groups (broad SMARTS) is 1. The van der Waals surface area contributed by atoms with E-state index in [4.69, 9.17) is 9.84 Å². The predicted octanol–water partition coefficient (Wildman–Crippen LogP) is 1.32. The third-order valence-corrected chi connectivity index (χ3v) is 4.81. The van der Waals surface area contributed by atoms with Gasteiger partial charge in [-0.1, -0.05) is 13.0 Å². The number of rotatable bonds is 4. The Morgan fingerprint density at radius 1 is 1.47 bits per heavy atom. The lowest BCUT2D eigenvalue weighted by Gasteiger charge is -2.31. The maximum atomic E-state index is 12.2. The largest absolute Gasteiger partial charge is 0.489 e. The van der Waals surface area contributed by atoms with Crippen molar-refractivity contribution in [1.82, 2.24) is 0 Å². The molecule has 0 unspecified atom stereocenters. The van der Waals surface area contributed by atoms with Gasteiger partial charge < -0.3 is 9.84 Å². The van der Waals surface area contributed by atoms with Crippen molar-refractivity contribution in [3.05, 3.63) is 23.8 Å². The Hall–Kier alpha value is -1.76. The van der Waals surface area contributed by atoms with Gasteiger partial charge in [-0.3, -0.25) is 4.31 Å². The minimum Gasteiger partial charge on any atom is -0.489 e. The average molecular weight is 285 g/mol. The summed E-state index contributed by atoms with van der Waals surface area (Å²) >= 11 is 0. The van der Waals surface area contributed by atoms with Crippen molar-refractivity contribution >= 4 is 21.7 Å². The molecule has 19 heavy (non-hydrogen) atoms. The van der Waals surface area contributed by atoms with Gasteiger partial charge in [0.1, 0.15) is 12.2 Å². The lowest BCUT2D eigenvalue weighted by Crippen LogP contribution is -2.39. The molecule has 1 N–H and O–H groups in total. The van der Waals surface area contributed by atoms with Crippen LogP contribution in [-0.2, 0) is 10.0 Å². The molecule has 1 aliphatic heterocycles. The molecule has 104 valence electrons. The van der Waals surface area contributed by atoms with Crippen LogP contribution in [0.15, 0.2) is 18.2 Å². The molecule has 1 aromatic rings. The number of sulfonamides is 1. The van der Waals surface area contributed by atoms with E-state index < -0.39 is 16.0 Å². The summed E-state index contributed by atoms with van der Waals surface area (Å²) in [5.41, 5.74) is 0.286. The molecule has 1 heterocycles. The third kappa shape index (κ3) is 2.51. The van der Waals surface area contributed by atoms with Gasteiger partial charge in [0, 0.05) is 0 Å². The van der Waals surface area contributed by atoms with Gasteiger partial charge in [-0.15, -0.1) is 0 Å². The first-order valence-electron chi connectivity index (χ1n) is 5.97. The van der Waals surface area contributed by atoms with Gasteiger partial charge >= 0.3 is 5.97 Å². The van der Waals surface area contributed by atoms with Crippen LogP contribution >= 0.6 is 0 Å². The maximum absolute atomic E-state index is 12.2. The lowest BCUT2D eigenvalue weighted by molar-refractivity contribution is 0.0692. The van der Waals surface area contributed by atoms with E-state index in [-0.39, 0.29) is 30.2 Å². The number of hydrogen-bond acceptors (Lipinski definition) is 4. The Morgan fingerprint density at radius 3 is 2.84 bits per heavy atom. The average Bonchev–Trinajstić information content (AvgIpc) is 2.37. The van der Waals surface area contributed by atoms with E-state index in [0.29, 0.717) is 12.1 Å². The normalized spacial score (nSPS) is 14.7. The summed E-state index contributed by atoms with van der Waals surface area (Å²) in [4.78, 5) is 11.1. The monoisotopic (exact) mass is 285 g/mol. The summed E-state index contributed by atoms with van der Waals surface area (Å²) in [5, 5.41) is 9.09. The highest BCUT2D eigenvalue weighted by Crippen LogP contribution is 2.36. The van der Waals surface area contributed by atoms with Crippen LogP contribution in [0, 0.1) is 0 Å². The van der Waals surface area contributed by atoms with Crippen LogP contribution in [0.2, 0.25) is 0 Å². The molecule has 0 fully saturated rings. The van der Waals surface area contributed by atoms with Crippen molar-refractivity contribution in [2.24, 2.45) is 0 Å². The third-order valence-electron chi connectivity index (χ3n) is 2.83. The second-order valence-corrected chi connectivity index (χ2v) is 6.21. The molecule has 0 bridgehead atoms. The van der Waals surface area contributed by atoms with Crippen molar-refractivity contribution in [2.45, 2.75) is 13.3 Å². The van der Waals surface area contributed by atoms with E-state index in [1.165, 1.54) is 16.4 Å². The zero-order valence-corrected chi connectivity index (χ0v) is 11.3. The first-order valence-corrected chi connectivity index (χ1v) is 7.58. The molecular formula is C12H15NO5S. The number of carboxylic acids is 1. The molecule has 0 radical (unpaired) electrons. The summed E-state index contributed by atoms with van der Waals surface area (Å²) in [6, 6.07) is 4.48. The minimum absolute atomic E-state index is 0.0195. The van der Waals surface area contributed by atoms with Crippen LogP contribution in [0.3, 0.4) is 0 Å². The number of anilines is 1. The summed E-state index contributed by atoms with van der Waals surface area (Å²) < 4.78 is 30.9. The van der Waals surface area contributed by atoms with Crippen LogP contribution < -0.4 is 9.04 Å². The standard InChI is InChI=1S/C12H15NO5S/c1-2-8-19(16,17)13-6-7-18-11-9(12(14)15)4-3-5-10(11)13/h3-5H,2,6-8H2,1H3,(H,14,15). The second kappa shape index (κ2) is 5.08. The van der Waals surface area contributed by atoms with Crippen LogP contribution in [0.4, 0.5) is 5.69 Å². The Kier molecular flexibility index (Phi) is 3.66. The predicted molar refractivity (Wildman–Crippen MR) is 70.3 cm³/mol. The Balaban J connectivity index is 2.52. The number of para-hydroxylation sites is 1. The maximum Gasteiger partial charge on any atom is 0.339 e. The van der Waals surface area contributed by atoms with Crippen LogP contribution in [0.5, 0.6) is 5.75 Å². The fraction of sp³-hybridized carbons (Fsp3) is 0.417. The number of fused-ring (bicyclic) bond motifs is 1. The SMILES string of the molecule is CCCS(=O)(=O)N1CCOc2c(C(=O)O)cccc21. The first-order chi connectivity index (χ1) is 8.97. The van der Waals surface area contributed by atoms with Gasteiger partial charge in [-0.25, -0.2) is 13.2 Å². The molecule has 7 heteroatoms. The molecule has 2 rings (SSSR count). The van der Waals surface area contributed by atoms with Crippen molar-refractivity contribution < 1.29 is 23.1 Å². The van der Waals surface area contributed by atoms with E-state index in [0.717, 1.165) is 0 Å². The lowest BCUT2D eigenvalue weighted by atomic mass is 10.1. The molecular weight excluding hydrogens is 270 g/mol. The van der Waals surface area contributed by atoms with Crippen molar-refractivity contribution in [3.8, 4) is 5.75 Å². The van der Waals surface area contributed by atoms with Gasteiger partial charge in [0.2, 0.25) is 10.0 Å². The number of hydrogen-bond donors (Lipinski definition) is 1. The number of ether oxygens (including phenoxy) is 1. The van der Waals surface area contributed by atoms with Crippen molar-refractivity contribution in [3.63, 3.8) is 0 Å². The van der Waals surface area contributed by atoms with E-state index in [9.17, 15) is 13.2 Å². The molecule has 6 nitrogen and oxygen atoms in total. The van der Waals surface area contributed by atoms with E-state index >= 15 is 0 Å². The molecule has 1 aromatic carbocycles. The van der Waals surface area contributed by atoms with Crippen LogP contribution in [-0.4, -0.2) is 38.4 Å². The summed E-state index contributed by atoms with van der Waals surface area (Å²) in [6.07, 6.45) is 0.508. The van der Waals surface area contributed by atoms with Gasteiger partial charge in [0.15, 0.2) is 5.75 Å². The zero-order chi connectivity index (χ0) is 14.0. The summed E-state index contributed by atoms with van der Waals surface area (Å²) in [7, 11) is -3.43. The Bertz CT molecular complexity index is 596. The molecule has 0 amide bonds. The summed E-state index contributed by atoms with van der Waals surface area (Å²) in [5.74, 6) is -0.975. The fourth-order valence-electron chi connectivity index (χ4n) is 2.05. The van der Waals surface area contributed by atoms with Crippen LogP contribution in [0.1, 0.15) is 23.7 Å². The zero-order valence-electron chi connectivity index (χ0n) is 10.5. The molecule has 0 aliphatic carbocycles. The van der Waals surface area contributed by atoms with Crippen molar-refractivity contribution in [1.29, 1.82) is 0 Å². The quantitative estimate of drug-likeness (QED) is 0.902. The van der Waals surface area contributed by atoms with E-state index in [1.807, 2.05) is 0 Å². The van der Waals surface area contributed by atoms with Gasteiger partial charge in [-0.2, -0.15) is 0 Å². The number of benzene rings is 1. The van der Waals surface area contributed by atoms with E-state index in [2.05, 4.69) is 0 Å². The number of carbonyl (C=O) groups is 1. The molecule has 0 saturated heterocycles. The topological polar surface area (TPSA) is 83.9 Å². The highest BCUT2D eigenvalue weighted by Gasteiger charge is 2.30. The van der Waals surface area contributed by atoms with Gasteiger partial charge in [-0.05, 0) is 18.6 Å². The minimum atomic E-state index is -3.43. The Morgan fingerprint density at radius 2 is 2.21 bits per heavy atom.